The first-order chi connectivity index (χ1) is 13.6. The minimum absolute atomic E-state index is 0.0394. The van der Waals surface area contributed by atoms with Gasteiger partial charge in [-0.05, 0) is 16.3 Å². The normalized spacial score (nSPS) is 14.2. The molecule has 2 aromatic carbocycles. The number of carboxylic acid groups (broad SMARTS) is 1. The van der Waals surface area contributed by atoms with E-state index in [2.05, 4.69) is 18.2 Å². The number of likely N-dealkylation sites (tertiary alicyclic amines) is 1. The summed E-state index contributed by atoms with van der Waals surface area (Å²) < 4.78 is 11.4. The molecule has 1 aliphatic rings. The van der Waals surface area contributed by atoms with Gasteiger partial charge in [-0.25, -0.2) is 4.79 Å². The molecule has 1 aliphatic heterocycles. The fraction of sp³-hybridized carbons (Fsp3) is 0.273. The lowest BCUT2D eigenvalue weighted by Gasteiger charge is -2.38. The van der Waals surface area contributed by atoms with Crippen LogP contribution in [0.4, 0.5) is 0 Å². The third-order valence-electron chi connectivity index (χ3n) is 5.06. The predicted molar refractivity (Wildman–Crippen MR) is 103 cm³/mol. The average molecular weight is 379 g/mol. The minimum atomic E-state index is -1.08. The zero-order valence-corrected chi connectivity index (χ0v) is 15.6. The molecular formula is C22H21NO5. The van der Waals surface area contributed by atoms with Crippen molar-refractivity contribution in [2.45, 2.75) is 26.1 Å². The van der Waals surface area contributed by atoms with Crippen molar-refractivity contribution in [3.8, 4) is 0 Å². The van der Waals surface area contributed by atoms with E-state index in [9.17, 15) is 14.7 Å². The number of benzene rings is 2. The quantitative estimate of drug-likeness (QED) is 0.706. The summed E-state index contributed by atoms with van der Waals surface area (Å²) >= 11 is 0. The van der Waals surface area contributed by atoms with Crippen LogP contribution in [0.15, 0.2) is 52.9 Å². The lowest BCUT2D eigenvalue weighted by Crippen LogP contribution is -2.54. The number of aryl methyl sites for hydroxylation is 1. The third kappa shape index (κ3) is 3.39. The standard InChI is InChI=1S/C22H21NO5/c1-2-19-18(22(25)26)10-20(28-19)21(24)23-11-16(12-23)27-13-15-8-5-7-14-6-3-4-9-17(14)15/h3-10,16H,2,11-13H2,1H3,(H,25,26). The highest BCUT2D eigenvalue weighted by atomic mass is 16.5. The van der Waals surface area contributed by atoms with Gasteiger partial charge in [0.2, 0.25) is 0 Å². The van der Waals surface area contributed by atoms with Crippen molar-refractivity contribution in [3.63, 3.8) is 0 Å². The molecule has 1 aromatic heterocycles. The molecule has 144 valence electrons. The SMILES string of the molecule is CCc1oc(C(=O)N2CC(OCc3cccc4ccccc34)C2)cc1C(=O)O. The van der Waals surface area contributed by atoms with Gasteiger partial charge >= 0.3 is 5.97 Å². The summed E-state index contributed by atoms with van der Waals surface area (Å²) in [5.41, 5.74) is 1.17. The van der Waals surface area contributed by atoms with E-state index in [-0.39, 0.29) is 23.3 Å². The second-order valence-corrected chi connectivity index (χ2v) is 6.89. The van der Waals surface area contributed by atoms with E-state index >= 15 is 0 Å². The number of furan rings is 1. The fourth-order valence-corrected chi connectivity index (χ4v) is 3.47. The maximum atomic E-state index is 12.5. The number of fused-ring (bicyclic) bond motifs is 1. The summed E-state index contributed by atoms with van der Waals surface area (Å²) in [5.74, 6) is -0.992. The molecule has 4 rings (SSSR count). The Hall–Kier alpha value is -3.12. The predicted octanol–water partition coefficient (Wildman–Crippen LogP) is 3.73. The smallest absolute Gasteiger partial charge is 0.339 e. The molecule has 2 heterocycles. The Morgan fingerprint density at radius 2 is 1.93 bits per heavy atom. The Balaban J connectivity index is 1.36. The van der Waals surface area contributed by atoms with Crippen LogP contribution in [-0.2, 0) is 17.8 Å². The Morgan fingerprint density at radius 1 is 1.18 bits per heavy atom. The van der Waals surface area contributed by atoms with E-state index in [1.54, 1.807) is 11.8 Å². The first-order valence-corrected chi connectivity index (χ1v) is 9.30. The monoisotopic (exact) mass is 379 g/mol. The molecule has 0 spiro atoms. The van der Waals surface area contributed by atoms with Crippen LogP contribution in [0.5, 0.6) is 0 Å². The Kier molecular flexibility index (Phi) is 4.88. The van der Waals surface area contributed by atoms with Crippen molar-refractivity contribution in [2.75, 3.05) is 13.1 Å². The molecule has 0 radical (unpaired) electrons. The van der Waals surface area contributed by atoms with Crippen molar-refractivity contribution >= 4 is 22.6 Å². The zero-order valence-electron chi connectivity index (χ0n) is 15.6. The molecule has 0 aliphatic carbocycles. The molecule has 6 nitrogen and oxygen atoms in total. The first kappa shape index (κ1) is 18.3. The fourth-order valence-electron chi connectivity index (χ4n) is 3.47. The van der Waals surface area contributed by atoms with Crippen molar-refractivity contribution in [2.24, 2.45) is 0 Å². The number of carbonyl (C=O) groups excluding carboxylic acids is 1. The second kappa shape index (κ2) is 7.48. The van der Waals surface area contributed by atoms with Gasteiger partial charge in [0.15, 0.2) is 5.76 Å². The number of amides is 1. The van der Waals surface area contributed by atoms with Crippen LogP contribution in [0.25, 0.3) is 10.8 Å². The minimum Gasteiger partial charge on any atom is -0.478 e. The van der Waals surface area contributed by atoms with Crippen LogP contribution in [0.1, 0.15) is 39.2 Å². The molecule has 1 saturated heterocycles. The highest BCUT2D eigenvalue weighted by Gasteiger charge is 2.34. The van der Waals surface area contributed by atoms with Crippen LogP contribution in [-0.4, -0.2) is 41.1 Å². The number of aromatic carboxylic acids is 1. The molecule has 0 bridgehead atoms. The van der Waals surface area contributed by atoms with Gasteiger partial charge in [0.25, 0.3) is 5.91 Å². The molecular weight excluding hydrogens is 358 g/mol. The lowest BCUT2D eigenvalue weighted by molar-refractivity contribution is -0.0509. The van der Waals surface area contributed by atoms with Crippen molar-refractivity contribution in [1.29, 1.82) is 0 Å². The van der Waals surface area contributed by atoms with E-state index in [0.29, 0.717) is 31.9 Å². The number of carboxylic acids is 1. The largest absolute Gasteiger partial charge is 0.478 e. The third-order valence-corrected chi connectivity index (χ3v) is 5.06. The summed E-state index contributed by atoms with van der Waals surface area (Å²) in [7, 11) is 0. The number of rotatable bonds is 6. The highest BCUT2D eigenvalue weighted by Crippen LogP contribution is 2.24. The van der Waals surface area contributed by atoms with Gasteiger partial charge in [-0.3, -0.25) is 4.79 Å². The van der Waals surface area contributed by atoms with E-state index in [4.69, 9.17) is 9.15 Å². The number of hydrogen-bond acceptors (Lipinski definition) is 4. The summed E-state index contributed by atoms with van der Waals surface area (Å²) in [5, 5.41) is 11.5. The van der Waals surface area contributed by atoms with E-state index in [1.807, 2.05) is 24.3 Å². The Labute approximate surface area is 162 Å². The van der Waals surface area contributed by atoms with Crippen LogP contribution >= 0.6 is 0 Å². The van der Waals surface area contributed by atoms with Crippen LogP contribution < -0.4 is 0 Å². The molecule has 0 saturated carbocycles. The molecule has 28 heavy (non-hydrogen) atoms. The van der Waals surface area contributed by atoms with Gasteiger partial charge in [0.05, 0.1) is 12.7 Å². The van der Waals surface area contributed by atoms with Gasteiger partial charge in [-0.15, -0.1) is 0 Å². The van der Waals surface area contributed by atoms with Gasteiger partial charge in [0.1, 0.15) is 11.3 Å². The molecule has 1 fully saturated rings. The Morgan fingerprint density at radius 3 is 2.64 bits per heavy atom. The van der Waals surface area contributed by atoms with Crippen molar-refractivity contribution < 1.29 is 23.8 Å². The number of hydrogen-bond donors (Lipinski definition) is 1. The summed E-state index contributed by atoms with van der Waals surface area (Å²) in [6.45, 7) is 3.21. The molecule has 1 N–H and O–H groups in total. The van der Waals surface area contributed by atoms with Gasteiger partial charge in [-0.1, -0.05) is 49.4 Å². The summed E-state index contributed by atoms with van der Waals surface area (Å²) in [6, 6.07) is 15.6. The highest BCUT2D eigenvalue weighted by molar-refractivity contribution is 5.96. The van der Waals surface area contributed by atoms with Crippen LogP contribution in [0.2, 0.25) is 0 Å². The van der Waals surface area contributed by atoms with Gasteiger partial charge < -0.3 is 19.2 Å². The lowest BCUT2D eigenvalue weighted by atomic mass is 10.1. The van der Waals surface area contributed by atoms with Crippen molar-refractivity contribution in [3.05, 3.63) is 71.2 Å². The number of ether oxygens (including phenoxy) is 1. The van der Waals surface area contributed by atoms with E-state index in [0.717, 1.165) is 5.56 Å². The van der Waals surface area contributed by atoms with E-state index in [1.165, 1.54) is 16.8 Å². The first-order valence-electron chi connectivity index (χ1n) is 9.30. The summed E-state index contributed by atoms with van der Waals surface area (Å²) in [4.78, 5) is 25.3. The Bertz CT molecular complexity index is 1030. The molecule has 6 heteroatoms. The maximum absolute atomic E-state index is 12.5. The summed E-state index contributed by atoms with van der Waals surface area (Å²) in [6.07, 6.45) is 0.383. The zero-order chi connectivity index (χ0) is 19.7. The number of carbonyl (C=O) groups is 2. The van der Waals surface area contributed by atoms with Gasteiger partial charge in [0, 0.05) is 25.6 Å². The van der Waals surface area contributed by atoms with Crippen LogP contribution in [0.3, 0.4) is 0 Å². The average Bonchev–Trinajstić information content (AvgIpc) is 3.11. The maximum Gasteiger partial charge on any atom is 0.339 e. The van der Waals surface area contributed by atoms with Crippen LogP contribution in [0, 0.1) is 0 Å². The molecule has 0 unspecified atom stereocenters. The van der Waals surface area contributed by atoms with E-state index < -0.39 is 5.97 Å². The molecule has 3 aromatic rings. The van der Waals surface area contributed by atoms with Crippen molar-refractivity contribution in [1.82, 2.24) is 4.90 Å². The number of nitrogens with zero attached hydrogens (tertiary/aromatic N) is 1. The molecule has 0 atom stereocenters. The molecule has 1 amide bonds. The van der Waals surface area contributed by atoms with Gasteiger partial charge in [-0.2, -0.15) is 0 Å². The topological polar surface area (TPSA) is 80.0 Å². The second-order valence-electron chi connectivity index (χ2n) is 6.89.